The molecule has 0 atom stereocenters. The van der Waals surface area contributed by atoms with Crippen molar-refractivity contribution in [3.8, 4) is 0 Å². The molecule has 126 valence electrons. The summed E-state index contributed by atoms with van der Waals surface area (Å²) in [6.45, 7) is 7.57. The third-order valence-electron chi connectivity index (χ3n) is 3.14. The van der Waals surface area contributed by atoms with Gasteiger partial charge in [0.1, 0.15) is 5.82 Å². The average Bonchev–Trinajstić information content (AvgIpc) is 2.45. The predicted molar refractivity (Wildman–Crippen MR) is 95.4 cm³/mol. The van der Waals surface area contributed by atoms with Crippen LogP contribution in [0.2, 0.25) is 0 Å². The Bertz CT molecular complexity index is 736. The van der Waals surface area contributed by atoms with Crippen molar-refractivity contribution in [1.82, 2.24) is 10.3 Å². The second kappa shape index (κ2) is 7.59. The normalized spacial score (nSPS) is 10.4. The van der Waals surface area contributed by atoms with Gasteiger partial charge in [0.15, 0.2) is 0 Å². The first kappa shape index (κ1) is 17.5. The molecular weight excluding hydrogens is 304 g/mol. The lowest BCUT2D eigenvalue weighted by Crippen LogP contribution is -2.34. The lowest BCUT2D eigenvalue weighted by atomic mass is 10.2. The van der Waals surface area contributed by atoms with Crippen molar-refractivity contribution in [3.63, 3.8) is 0 Å². The highest BCUT2D eigenvalue weighted by atomic mass is 16.2. The Morgan fingerprint density at radius 2 is 1.79 bits per heavy atom. The zero-order chi connectivity index (χ0) is 17.7. The molecule has 0 saturated heterocycles. The number of amides is 3. The van der Waals surface area contributed by atoms with Crippen molar-refractivity contribution >= 4 is 23.4 Å². The van der Waals surface area contributed by atoms with E-state index in [2.05, 4.69) is 20.9 Å². The molecule has 1 heterocycles. The van der Waals surface area contributed by atoms with E-state index in [1.807, 2.05) is 39.8 Å². The number of aromatic nitrogens is 1. The van der Waals surface area contributed by atoms with Gasteiger partial charge in [-0.25, -0.2) is 9.78 Å². The highest BCUT2D eigenvalue weighted by molar-refractivity contribution is 6.04. The van der Waals surface area contributed by atoms with E-state index in [1.165, 1.54) is 0 Å². The summed E-state index contributed by atoms with van der Waals surface area (Å²) in [4.78, 5) is 28.4. The maximum atomic E-state index is 12.4. The van der Waals surface area contributed by atoms with Crippen LogP contribution in [-0.2, 0) is 0 Å². The Kier molecular flexibility index (Phi) is 5.52. The van der Waals surface area contributed by atoms with E-state index in [1.54, 1.807) is 24.3 Å². The van der Waals surface area contributed by atoms with Crippen LogP contribution in [0.1, 0.15) is 35.5 Å². The number of carbonyl (C=O) groups is 2. The number of anilines is 2. The van der Waals surface area contributed by atoms with E-state index in [-0.39, 0.29) is 18.0 Å². The second-order valence-electron chi connectivity index (χ2n) is 5.96. The standard InChI is InChI=1S/C18H22N4O2/c1-11(2)19-18(24)21-15-7-5-6-14(10-15)17(23)22-16-9-12(3)8-13(4)20-16/h5-11H,1-4H3,(H2,19,21,24)(H,20,22,23). The van der Waals surface area contributed by atoms with Crippen molar-refractivity contribution in [1.29, 1.82) is 0 Å². The molecule has 0 aliphatic rings. The molecule has 3 N–H and O–H groups in total. The Morgan fingerprint density at radius 3 is 2.46 bits per heavy atom. The smallest absolute Gasteiger partial charge is 0.319 e. The van der Waals surface area contributed by atoms with Crippen molar-refractivity contribution in [2.75, 3.05) is 10.6 Å². The molecule has 1 aromatic heterocycles. The molecule has 0 aliphatic carbocycles. The topological polar surface area (TPSA) is 83.1 Å². The van der Waals surface area contributed by atoms with Crippen LogP contribution in [-0.4, -0.2) is 23.0 Å². The summed E-state index contributed by atoms with van der Waals surface area (Å²) in [5.41, 5.74) is 2.86. The Hall–Kier alpha value is -2.89. The zero-order valence-electron chi connectivity index (χ0n) is 14.3. The van der Waals surface area contributed by atoms with Gasteiger partial charge >= 0.3 is 6.03 Å². The summed E-state index contributed by atoms with van der Waals surface area (Å²) in [5.74, 6) is 0.230. The Morgan fingerprint density at radius 1 is 1.04 bits per heavy atom. The first-order valence-corrected chi connectivity index (χ1v) is 7.77. The number of urea groups is 1. The van der Waals surface area contributed by atoms with Gasteiger partial charge in [0, 0.05) is 23.0 Å². The number of pyridine rings is 1. The van der Waals surface area contributed by atoms with Crippen LogP contribution in [0.4, 0.5) is 16.3 Å². The summed E-state index contributed by atoms with van der Waals surface area (Å²) in [7, 11) is 0. The monoisotopic (exact) mass is 326 g/mol. The molecule has 2 aromatic rings. The van der Waals surface area contributed by atoms with Crippen molar-refractivity contribution in [3.05, 3.63) is 53.2 Å². The number of benzene rings is 1. The van der Waals surface area contributed by atoms with Gasteiger partial charge in [0.25, 0.3) is 5.91 Å². The number of nitrogens with one attached hydrogen (secondary N) is 3. The Balaban J connectivity index is 2.09. The molecule has 3 amide bonds. The van der Waals surface area contributed by atoms with Gasteiger partial charge in [-0.15, -0.1) is 0 Å². The highest BCUT2D eigenvalue weighted by Crippen LogP contribution is 2.14. The van der Waals surface area contributed by atoms with Gasteiger partial charge in [-0.05, 0) is 63.6 Å². The summed E-state index contributed by atoms with van der Waals surface area (Å²) >= 11 is 0. The van der Waals surface area contributed by atoms with E-state index < -0.39 is 0 Å². The van der Waals surface area contributed by atoms with Crippen LogP contribution in [0.5, 0.6) is 0 Å². The molecule has 0 fully saturated rings. The maximum absolute atomic E-state index is 12.4. The molecule has 2 rings (SSSR count). The van der Waals surface area contributed by atoms with E-state index >= 15 is 0 Å². The largest absolute Gasteiger partial charge is 0.336 e. The van der Waals surface area contributed by atoms with Crippen LogP contribution in [0.25, 0.3) is 0 Å². The van der Waals surface area contributed by atoms with E-state index in [0.29, 0.717) is 17.1 Å². The molecule has 6 nitrogen and oxygen atoms in total. The van der Waals surface area contributed by atoms with E-state index in [9.17, 15) is 9.59 Å². The molecular formula is C18H22N4O2. The van der Waals surface area contributed by atoms with Gasteiger partial charge < -0.3 is 16.0 Å². The third-order valence-corrected chi connectivity index (χ3v) is 3.14. The lowest BCUT2D eigenvalue weighted by molar-refractivity contribution is 0.102. The summed E-state index contributed by atoms with van der Waals surface area (Å²) in [6.07, 6.45) is 0. The average molecular weight is 326 g/mol. The molecule has 0 spiro atoms. The Labute approximate surface area is 141 Å². The molecule has 0 bridgehead atoms. The number of nitrogens with zero attached hydrogens (tertiary/aromatic N) is 1. The minimum absolute atomic E-state index is 0.0344. The van der Waals surface area contributed by atoms with Gasteiger partial charge in [-0.1, -0.05) is 6.07 Å². The predicted octanol–water partition coefficient (Wildman–Crippen LogP) is 3.48. The molecule has 0 aliphatic heterocycles. The zero-order valence-corrected chi connectivity index (χ0v) is 14.3. The number of rotatable bonds is 4. The fraction of sp³-hybridized carbons (Fsp3) is 0.278. The molecule has 0 unspecified atom stereocenters. The number of aryl methyl sites for hydroxylation is 2. The van der Waals surface area contributed by atoms with Crippen molar-refractivity contribution < 1.29 is 9.59 Å². The minimum Gasteiger partial charge on any atom is -0.336 e. The van der Waals surface area contributed by atoms with Crippen molar-refractivity contribution in [2.24, 2.45) is 0 Å². The molecule has 0 radical (unpaired) electrons. The van der Waals surface area contributed by atoms with Gasteiger partial charge in [0.05, 0.1) is 0 Å². The SMILES string of the molecule is Cc1cc(C)nc(NC(=O)c2cccc(NC(=O)NC(C)C)c2)c1. The lowest BCUT2D eigenvalue weighted by Gasteiger charge is -2.11. The molecule has 6 heteroatoms. The van der Waals surface area contributed by atoms with Crippen LogP contribution in [0.3, 0.4) is 0 Å². The number of hydrogen-bond donors (Lipinski definition) is 3. The molecule has 24 heavy (non-hydrogen) atoms. The fourth-order valence-corrected chi connectivity index (χ4v) is 2.26. The van der Waals surface area contributed by atoms with Gasteiger partial charge in [-0.2, -0.15) is 0 Å². The molecule has 1 aromatic carbocycles. The third kappa shape index (κ3) is 5.08. The maximum Gasteiger partial charge on any atom is 0.319 e. The summed E-state index contributed by atoms with van der Waals surface area (Å²) in [5, 5.41) is 8.21. The first-order chi connectivity index (χ1) is 11.3. The second-order valence-corrected chi connectivity index (χ2v) is 5.96. The fourth-order valence-electron chi connectivity index (χ4n) is 2.26. The van der Waals surface area contributed by atoms with Crippen LogP contribution in [0.15, 0.2) is 36.4 Å². The van der Waals surface area contributed by atoms with E-state index in [0.717, 1.165) is 11.3 Å². The number of carbonyl (C=O) groups excluding carboxylic acids is 2. The van der Waals surface area contributed by atoms with Crippen LogP contribution < -0.4 is 16.0 Å². The summed E-state index contributed by atoms with van der Waals surface area (Å²) in [6, 6.07) is 10.2. The van der Waals surface area contributed by atoms with Crippen LogP contribution in [0, 0.1) is 13.8 Å². The summed E-state index contributed by atoms with van der Waals surface area (Å²) < 4.78 is 0. The van der Waals surface area contributed by atoms with Crippen molar-refractivity contribution in [2.45, 2.75) is 33.7 Å². The van der Waals surface area contributed by atoms with Crippen LogP contribution >= 0.6 is 0 Å². The first-order valence-electron chi connectivity index (χ1n) is 7.77. The quantitative estimate of drug-likeness (QED) is 0.804. The molecule has 0 saturated carbocycles. The number of hydrogen-bond acceptors (Lipinski definition) is 3. The minimum atomic E-state index is -0.307. The highest BCUT2D eigenvalue weighted by Gasteiger charge is 2.10. The van der Waals surface area contributed by atoms with Gasteiger partial charge in [-0.3, -0.25) is 4.79 Å². The van der Waals surface area contributed by atoms with E-state index in [4.69, 9.17) is 0 Å². The van der Waals surface area contributed by atoms with Gasteiger partial charge in [0.2, 0.25) is 0 Å².